The zero-order chi connectivity index (χ0) is 33.6. The molecule has 1 atom stereocenters. The minimum atomic E-state index is -0.356. The van der Waals surface area contributed by atoms with Gasteiger partial charge in [0.1, 0.15) is 18.3 Å². The summed E-state index contributed by atoms with van der Waals surface area (Å²) in [6.45, 7) is 3.62. The van der Waals surface area contributed by atoms with Crippen LogP contribution in [-0.4, -0.2) is 84.4 Å². The third-order valence-electron chi connectivity index (χ3n) is 11.2. The molecule has 0 spiro atoms. The molecule has 4 heterocycles. The minimum Gasteiger partial charge on any atom is -0.341 e. The highest BCUT2D eigenvalue weighted by atomic mass is 35.5. The van der Waals surface area contributed by atoms with Crippen LogP contribution in [0.2, 0.25) is 5.02 Å². The van der Waals surface area contributed by atoms with Crippen LogP contribution in [0.1, 0.15) is 73.8 Å². The maximum Gasteiger partial charge on any atom is 0.272 e. The van der Waals surface area contributed by atoms with Crippen molar-refractivity contribution < 1.29 is 9.59 Å². The minimum absolute atomic E-state index is 0.0192. The van der Waals surface area contributed by atoms with Gasteiger partial charge in [0.15, 0.2) is 0 Å². The lowest BCUT2D eigenvalue weighted by Gasteiger charge is -2.48. The Bertz CT molecular complexity index is 1650. The van der Waals surface area contributed by atoms with E-state index >= 15 is 0 Å². The standard InChI is InChI=1S/C38H47ClN8O2/c39-31-13-11-29(12-14-31)25-34(36(48)45-23-18-38(19-24-45,26-46-28-40-27-42-46)30-7-3-1-4-8-30)43-32-16-21-44(22-17-32)37(49)35-15-20-41-47(35)33-9-5-2-6-10-33/h2,5-6,9-15,20,27-28,30,32,34,43H,1,3-4,7-8,16-19,21-26H2/t34-/m1/s1. The van der Waals surface area contributed by atoms with Gasteiger partial charge in [-0.2, -0.15) is 10.2 Å². The van der Waals surface area contributed by atoms with Crippen LogP contribution in [0, 0.1) is 11.3 Å². The van der Waals surface area contributed by atoms with Gasteiger partial charge in [0, 0.05) is 43.8 Å². The molecule has 4 aromatic rings. The quantitative estimate of drug-likeness (QED) is 0.227. The lowest BCUT2D eigenvalue weighted by atomic mass is 9.63. The first-order valence-electron chi connectivity index (χ1n) is 18.0. The van der Waals surface area contributed by atoms with Gasteiger partial charge < -0.3 is 15.1 Å². The fourth-order valence-corrected chi connectivity index (χ4v) is 8.58. The van der Waals surface area contributed by atoms with Gasteiger partial charge in [0.25, 0.3) is 5.91 Å². The topological polar surface area (TPSA) is 101 Å². The Hall–Kier alpha value is -4.02. The molecule has 2 saturated heterocycles. The maximum atomic E-state index is 14.4. The van der Waals surface area contributed by atoms with Gasteiger partial charge in [-0.15, -0.1) is 0 Å². The molecule has 258 valence electrons. The number of nitrogens with zero attached hydrogens (tertiary/aromatic N) is 7. The number of carbonyl (C=O) groups is 2. The molecule has 0 radical (unpaired) electrons. The van der Waals surface area contributed by atoms with Gasteiger partial charge in [-0.3, -0.25) is 14.3 Å². The summed E-state index contributed by atoms with van der Waals surface area (Å²) in [6.07, 6.45) is 15.7. The highest BCUT2D eigenvalue weighted by Gasteiger charge is 2.44. The summed E-state index contributed by atoms with van der Waals surface area (Å²) in [5.41, 5.74) is 2.64. The molecule has 10 nitrogen and oxygen atoms in total. The molecule has 2 aliphatic heterocycles. The Morgan fingerprint density at radius 2 is 1.59 bits per heavy atom. The number of amides is 2. The molecule has 2 amide bonds. The lowest BCUT2D eigenvalue weighted by molar-refractivity contribution is -0.137. The molecule has 3 aliphatic rings. The summed E-state index contributed by atoms with van der Waals surface area (Å²) < 4.78 is 3.71. The molecular formula is C38H47ClN8O2. The molecule has 7 rings (SSSR count). The number of carbonyl (C=O) groups excluding carboxylic acids is 2. The smallest absolute Gasteiger partial charge is 0.272 e. The summed E-state index contributed by atoms with van der Waals surface area (Å²) in [5.74, 6) is 0.803. The summed E-state index contributed by atoms with van der Waals surface area (Å²) >= 11 is 6.21. The molecule has 0 bridgehead atoms. The number of nitrogens with one attached hydrogen (secondary N) is 1. The van der Waals surface area contributed by atoms with Crippen LogP contribution in [0.25, 0.3) is 5.69 Å². The highest BCUT2D eigenvalue weighted by Crippen LogP contribution is 2.47. The molecule has 2 aromatic carbocycles. The predicted octanol–water partition coefficient (Wildman–Crippen LogP) is 5.81. The van der Waals surface area contributed by atoms with Crippen LogP contribution in [0.3, 0.4) is 0 Å². The number of para-hydroxylation sites is 1. The average molecular weight is 683 g/mol. The number of piperidine rings is 2. The largest absolute Gasteiger partial charge is 0.341 e. The fraction of sp³-hybridized carbons (Fsp3) is 0.500. The second-order valence-electron chi connectivity index (χ2n) is 14.2. The fourth-order valence-electron chi connectivity index (χ4n) is 8.45. The van der Waals surface area contributed by atoms with Gasteiger partial charge in [-0.25, -0.2) is 9.67 Å². The van der Waals surface area contributed by atoms with E-state index in [0.717, 1.165) is 56.6 Å². The van der Waals surface area contributed by atoms with Crippen molar-refractivity contribution in [2.24, 2.45) is 11.3 Å². The normalized spacial score (nSPS) is 19.5. The van der Waals surface area contributed by atoms with E-state index in [-0.39, 0.29) is 29.3 Å². The van der Waals surface area contributed by atoms with E-state index in [1.165, 1.54) is 32.1 Å². The molecule has 1 aliphatic carbocycles. The summed E-state index contributed by atoms with van der Waals surface area (Å²) in [6, 6.07) is 19.1. The van der Waals surface area contributed by atoms with E-state index in [1.54, 1.807) is 23.3 Å². The summed E-state index contributed by atoms with van der Waals surface area (Å²) in [5, 5.41) is 13.3. The van der Waals surface area contributed by atoms with E-state index in [9.17, 15) is 9.59 Å². The number of rotatable bonds is 10. The maximum absolute atomic E-state index is 14.4. The van der Waals surface area contributed by atoms with Crippen LogP contribution in [0.4, 0.5) is 0 Å². The Labute approximate surface area is 293 Å². The van der Waals surface area contributed by atoms with E-state index in [2.05, 4.69) is 25.4 Å². The zero-order valence-electron chi connectivity index (χ0n) is 28.2. The summed E-state index contributed by atoms with van der Waals surface area (Å²) in [7, 11) is 0. The van der Waals surface area contributed by atoms with E-state index in [0.29, 0.717) is 36.1 Å². The van der Waals surface area contributed by atoms with Crippen LogP contribution in [0.15, 0.2) is 79.5 Å². The van der Waals surface area contributed by atoms with Crippen molar-refractivity contribution in [2.45, 2.75) is 82.8 Å². The van der Waals surface area contributed by atoms with Gasteiger partial charge in [0.2, 0.25) is 5.91 Å². The van der Waals surface area contributed by atoms with Crippen LogP contribution in [-0.2, 0) is 17.8 Å². The molecular weight excluding hydrogens is 636 g/mol. The second-order valence-corrected chi connectivity index (χ2v) is 14.6. The number of aromatic nitrogens is 5. The number of hydrogen-bond acceptors (Lipinski definition) is 6. The SMILES string of the molecule is O=C(c1ccnn1-c1ccccc1)N1CCC(N[C@H](Cc2ccc(Cl)cc2)C(=O)N2CCC(Cn3cncn3)(C3CCCCC3)CC2)CC1. The second kappa shape index (κ2) is 15.3. The molecule has 0 unspecified atom stereocenters. The van der Waals surface area contributed by atoms with Crippen LogP contribution >= 0.6 is 11.6 Å². The van der Waals surface area contributed by atoms with Crippen LogP contribution < -0.4 is 5.32 Å². The number of halogens is 1. The monoisotopic (exact) mass is 682 g/mol. The van der Waals surface area contributed by atoms with Gasteiger partial charge >= 0.3 is 0 Å². The highest BCUT2D eigenvalue weighted by molar-refractivity contribution is 6.30. The predicted molar refractivity (Wildman–Crippen MR) is 189 cm³/mol. The van der Waals surface area contributed by atoms with Crippen molar-refractivity contribution in [1.29, 1.82) is 0 Å². The first-order valence-corrected chi connectivity index (χ1v) is 18.4. The Kier molecular flexibility index (Phi) is 10.4. The molecule has 1 saturated carbocycles. The Morgan fingerprint density at radius 1 is 0.857 bits per heavy atom. The molecule has 3 fully saturated rings. The third kappa shape index (κ3) is 7.75. The van der Waals surface area contributed by atoms with Crippen molar-refractivity contribution >= 4 is 23.4 Å². The van der Waals surface area contributed by atoms with Gasteiger partial charge in [-0.05, 0) is 92.2 Å². The van der Waals surface area contributed by atoms with Crippen molar-refractivity contribution in [3.63, 3.8) is 0 Å². The van der Waals surface area contributed by atoms with Crippen molar-refractivity contribution in [3.05, 3.63) is 95.8 Å². The molecule has 49 heavy (non-hydrogen) atoms. The lowest BCUT2D eigenvalue weighted by Crippen LogP contribution is -2.56. The third-order valence-corrected chi connectivity index (χ3v) is 11.5. The molecule has 1 N–H and O–H groups in total. The Morgan fingerprint density at radius 3 is 2.29 bits per heavy atom. The van der Waals surface area contributed by atoms with Crippen molar-refractivity contribution in [2.75, 3.05) is 26.2 Å². The Balaban J connectivity index is 1.01. The number of hydrogen-bond donors (Lipinski definition) is 1. The number of benzene rings is 2. The van der Waals surface area contributed by atoms with Crippen molar-refractivity contribution in [3.8, 4) is 5.69 Å². The van der Waals surface area contributed by atoms with E-state index < -0.39 is 0 Å². The van der Waals surface area contributed by atoms with E-state index in [1.807, 2.05) is 70.5 Å². The van der Waals surface area contributed by atoms with Gasteiger partial charge in [-0.1, -0.05) is 61.2 Å². The number of likely N-dealkylation sites (tertiary alicyclic amines) is 2. The molecule has 2 aromatic heterocycles. The first-order chi connectivity index (χ1) is 24.0. The summed E-state index contributed by atoms with van der Waals surface area (Å²) in [4.78, 5) is 36.2. The van der Waals surface area contributed by atoms with E-state index in [4.69, 9.17) is 11.6 Å². The molecule has 11 heteroatoms. The van der Waals surface area contributed by atoms with Crippen LogP contribution in [0.5, 0.6) is 0 Å². The zero-order valence-corrected chi connectivity index (χ0v) is 28.9. The van der Waals surface area contributed by atoms with Crippen molar-refractivity contribution in [1.82, 2.24) is 39.7 Å². The van der Waals surface area contributed by atoms with Gasteiger partial charge in [0.05, 0.1) is 17.9 Å². The average Bonchev–Trinajstić information content (AvgIpc) is 3.86. The first kappa shape index (κ1) is 33.5.